The lowest BCUT2D eigenvalue weighted by atomic mass is 10.2. The summed E-state index contributed by atoms with van der Waals surface area (Å²) in [4.78, 5) is 11.2. The fourth-order valence-corrected chi connectivity index (χ4v) is 3.25. The van der Waals surface area contributed by atoms with Crippen LogP contribution in [0.4, 0.5) is 16.2 Å². The number of hydrogen-bond acceptors (Lipinski definition) is 6. The van der Waals surface area contributed by atoms with Crippen molar-refractivity contribution in [2.45, 2.75) is 13.1 Å². The first-order valence-corrected chi connectivity index (χ1v) is 8.69. The van der Waals surface area contributed by atoms with Crippen LogP contribution in [0.15, 0.2) is 24.4 Å². The predicted molar refractivity (Wildman–Crippen MR) is 98.1 cm³/mol. The average molecular weight is 377 g/mol. The van der Waals surface area contributed by atoms with Crippen LogP contribution in [-0.4, -0.2) is 46.6 Å². The minimum atomic E-state index is -0.353. The first-order chi connectivity index (χ1) is 12.7. The second kappa shape index (κ2) is 7.05. The Morgan fingerprint density at radius 2 is 2.19 bits per heavy atom. The molecule has 3 heterocycles. The summed E-state index contributed by atoms with van der Waals surface area (Å²) < 4.78 is 21.3. The first-order valence-electron chi connectivity index (χ1n) is 8.31. The second-order valence-electron chi connectivity index (χ2n) is 6.01. The Labute approximate surface area is 154 Å². The number of halogens is 2. The van der Waals surface area contributed by atoms with Gasteiger partial charge in [-0.15, -0.1) is 0 Å². The van der Waals surface area contributed by atoms with Gasteiger partial charge in [-0.3, -0.25) is 4.68 Å². The third-order valence-electron chi connectivity index (χ3n) is 4.36. The third kappa shape index (κ3) is 3.06. The lowest BCUT2D eigenvalue weighted by Crippen LogP contribution is -2.35. The number of benzene rings is 1. The van der Waals surface area contributed by atoms with Crippen LogP contribution in [-0.2, 0) is 17.8 Å². The lowest BCUT2D eigenvalue weighted by Gasteiger charge is -2.28. The van der Waals surface area contributed by atoms with E-state index in [0.717, 1.165) is 5.69 Å². The maximum atomic E-state index is 14.3. The van der Waals surface area contributed by atoms with Crippen LogP contribution in [0.3, 0.4) is 0 Å². The van der Waals surface area contributed by atoms with Gasteiger partial charge >= 0.3 is 0 Å². The predicted octanol–water partition coefficient (Wildman–Crippen LogP) is 2.70. The summed E-state index contributed by atoms with van der Waals surface area (Å²) in [5.74, 6) is 0.644. The van der Waals surface area contributed by atoms with E-state index in [2.05, 4.69) is 20.4 Å². The molecule has 0 bridgehead atoms. The van der Waals surface area contributed by atoms with E-state index in [9.17, 15) is 4.39 Å². The van der Waals surface area contributed by atoms with Gasteiger partial charge in [-0.1, -0.05) is 17.7 Å². The molecule has 1 aliphatic rings. The second-order valence-corrected chi connectivity index (χ2v) is 6.42. The maximum Gasteiger partial charge on any atom is 0.228 e. The molecule has 7 nitrogen and oxygen atoms in total. The molecule has 0 spiro atoms. The van der Waals surface area contributed by atoms with E-state index in [-0.39, 0.29) is 5.82 Å². The van der Waals surface area contributed by atoms with Crippen LogP contribution < -0.4 is 10.2 Å². The highest BCUT2D eigenvalue weighted by Crippen LogP contribution is 2.28. The molecule has 2 aromatic heterocycles. The van der Waals surface area contributed by atoms with Crippen molar-refractivity contribution in [2.24, 2.45) is 0 Å². The molecule has 0 amide bonds. The van der Waals surface area contributed by atoms with Gasteiger partial charge < -0.3 is 15.0 Å². The molecule has 0 atom stereocenters. The highest BCUT2D eigenvalue weighted by Gasteiger charge is 2.23. The lowest BCUT2D eigenvalue weighted by molar-refractivity contribution is 0.210. The van der Waals surface area contributed by atoms with Crippen LogP contribution >= 0.6 is 11.6 Å². The number of aromatic nitrogens is 4. The summed E-state index contributed by atoms with van der Waals surface area (Å²) in [5.41, 5.74) is 1.48. The molecular weight excluding hydrogens is 359 g/mol. The maximum absolute atomic E-state index is 14.3. The van der Waals surface area contributed by atoms with Gasteiger partial charge in [0.15, 0.2) is 0 Å². The molecule has 0 unspecified atom stereocenters. The summed E-state index contributed by atoms with van der Waals surface area (Å²) in [6.07, 6.45) is 1.65. The minimum Gasteiger partial charge on any atom is -0.383 e. The van der Waals surface area contributed by atoms with Crippen molar-refractivity contribution in [3.63, 3.8) is 0 Å². The molecule has 3 aromatic rings. The molecule has 1 aliphatic heterocycles. The van der Waals surface area contributed by atoms with Crippen LogP contribution in [0.1, 0.15) is 5.69 Å². The normalized spacial score (nSPS) is 13.9. The molecule has 9 heteroatoms. The molecule has 26 heavy (non-hydrogen) atoms. The number of fused-ring (bicyclic) bond motifs is 2. The largest absolute Gasteiger partial charge is 0.383 e. The molecule has 0 saturated heterocycles. The zero-order valence-corrected chi connectivity index (χ0v) is 15.0. The van der Waals surface area contributed by atoms with Gasteiger partial charge in [0.2, 0.25) is 5.95 Å². The fourth-order valence-electron chi connectivity index (χ4n) is 3.05. The SMILES string of the molecule is COCCNc1nc(N2CCn3ncc(Cl)c3C2)nc2cccc(F)c12. The Morgan fingerprint density at radius 1 is 1.31 bits per heavy atom. The third-order valence-corrected chi connectivity index (χ3v) is 4.68. The van der Waals surface area contributed by atoms with Crippen molar-refractivity contribution in [3.05, 3.63) is 40.9 Å². The van der Waals surface area contributed by atoms with Crippen molar-refractivity contribution in [3.8, 4) is 0 Å². The number of ether oxygens (including phenoxy) is 1. The summed E-state index contributed by atoms with van der Waals surface area (Å²) in [6, 6.07) is 4.84. The Kier molecular flexibility index (Phi) is 4.60. The molecule has 0 aliphatic carbocycles. The van der Waals surface area contributed by atoms with E-state index < -0.39 is 0 Å². The molecule has 1 N–H and O–H groups in total. The number of methoxy groups -OCH3 is 1. The smallest absolute Gasteiger partial charge is 0.228 e. The van der Waals surface area contributed by atoms with Crippen LogP contribution in [0.2, 0.25) is 5.02 Å². The van der Waals surface area contributed by atoms with E-state index in [0.29, 0.717) is 60.5 Å². The Morgan fingerprint density at radius 3 is 3.04 bits per heavy atom. The van der Waals surface area contributed by atoms with Crippen molar-refractivity contribution in [2.75, 3.05) is 37.0 Å². The van der Waals surface area contributed by atoms with E-state index >= 15 is 0 Å². The van der Waals surface area contributed by atoms with E-state index in [1.165, 1.54) is 6.07 Å². The van der Waals surface area contributed by atoms with Gasteiger partial charge in [-0.25, -0.2) is 9.37 Å². The van der Waals surface area contributed by atoms with Gasteiger partial charge in [0.25, 0.3) is 0 Å². The number of anilines is 2. The Bertz CT molecular complexity index is 946. The minimum absolute atomic E-state index is 0.353. The Balaban J connectivity index is 1.72. The molecule has 0 saturated carbocycles. The zero-order valence-electron chi connectivity index (χ0n) is 14.2. The molecule has 1 aromatic carbocycles. The van der Waals surface area contributed by atoms with E-state index in [1.807, 2.05) is 9.58 Å². The van der Waals surface area contributed by atoms with Crippen LogP contribution in [0.5, 0.6) is 0 Å². The standard InChI is InChI=1S/C17H18ClFN6O/c1-26-8-5-20-16-15-12(19)3-2-4-13(15)22-17(23-16)24-6-7-25-14(10-24)11(18)9-21-25/h2-4,9H,5-8,10H2,1H3,(H,20,22,23). The molecule has 0 fully saturated rings. The van der Waals surface area contributed by atoms with Gasteiger partial charge in [0, 0.05) is 20.2 Å². The van der Waals surface area contributed by atoms with Crippen LogP contribution in [0.25, 0.3) is 10.9 Å². The van der Waals surface area contributed by atoms with Gasteiger partial charge in [-0.2, -0.15) is 10.1 Å². The zero-order chi connectivity index (χ0) is 18.1. The summed E-state index contributed by atoms with van der Waals surface area (Å²) in [7, 11) is 1.62. The van der Waals surface area contributed by atoms with Gasteiger partial charge in [0.05, 0.1) is 47.5 Å². The summed E-state index contributed by atoms with van der Waals surface area (Å²) in [5, 5.41) is 8.41. The quantitative estimate of drug-likeness (QED) is 0.690. The molecule has 136 valence electrons. The van der Waals surface area contributed by atoms with Crippen molar-refractivity contribution in [1.29, 1.82) is 0 Å². The van der Waals surface area contributed by atoms with Crippen LogP contribution in [0, 0.1) is 5.82 Å². The highest BCUT2D eigenvalue weighted by molar-refractivity contribution is 6.31. The van der Waals surface area contributed by atoms with E-state index in [1.54, 1.807) is 25.4 Å². The number of hydrogen-bond donors (Lipinski definition) is 1. The van der Waals surface area contributed by atoms with Crippen molar-refractivity contribution >= 4 is 34.3 Å². The number of nitrogens with zero attached hydrogens (tertiary/aromatic N) is 5. The number of rotatable bonds is 5. The highest BCUT2D eigenvalue weighted by atomic mass is 35.5. The van der Waals surface area contributed by atoms with E-state index in [4.69, 9.17) is 16.3 Å². The first kappa shape index (κ1) is 17.0. The number of nitrogens with one attached hydrogen (secondary N) is 1. The van der Waals surface area contributed by atoms with Gasteiger partial charge in [-0.05, 0) is 12.1 Å². The summed E-state index contributed by atoms with van der Waals surface area (Å²) in [6.45, 7) is 2.96. The monoisotopic (exact) mass is 376 g/mol. The average Bonchev–Trinajstić information content (AvgIpc) is 3.02. The molecule has 4 rings (SSSR count). The molecule has 0 radical (unpaired) electrons. The van der Waals surface area contributed by atoms with Gasteiger partial charge in [0.1, 0.15) is 11.6 Å². The Hall–Kier alpha value is -2.45. The fraction of sp³-hybridized carbons (Fsp3) is 0.353. The van der Waals surface area contributed by atoms with Crippen molar-refractivity contribution in [1.82, 2.24) is 19.7 Å². The summed E-state index contributed by atoms with van der Waals surface area (Å²) >= 11 is 6.22. The molecular formula is C17H18ClFN6O. The topological polar surface area (TPSA) is 68.1 Å². The van der Waals surface area contributed by atoms with Crippen molar-refractivity contribution < 1.29 is 9.13 Å².